The van der Waals surface area contributed by atoms with Gasteiger partial charge >= 0.3 is 5.97 Å². The minimum atomic E-state index is -0.301. The maximum absolute atomic E-state index is 11.6. The van der Waals surface area contributed by atoms with E-state index >= 15 is 0 Å². The molecule has 0 unspecified atom stereocenters. The third kappa shape index (κ3) is 4.64. The van der Waals surface area contributed by atoms with Gasteiger partial charge in [0.15, 0.2) is 0 Å². The molecule has 1 aliphatic rings. The first-order valence-corrected chi connectivity index (χ1v) is 10.9. The van der Waals surface area contributed by atoms with Crippen LogP contribution in [0.25, 0.3) is 0 Å². The highest BCUT2D eigenvalue weighted by Crippen LogP contribution is 2.44. The minimum Gasteiger partial charge on any atom is -0.493 e. The van der Waals surface area contributed by atoms with E-state index in [1.54, 1.807) is 0 Å². The first-order valence-electron chi connectivity index (χ1n) is 10.9. The van der Waals surface area contributed by atoms with Gasteiger partial charge in [-0.15, -0.1) is 0 Å². The lowest BCUT2D eigenvalue weighted by atomic mass is 9.71. The summed E-state index contributed by atoms with van der Waals surface area (Å²) >= 11 is 0. The van der Waals surface area contributed by atoms with Crippen molar-refractivity contribution in [2.75, 3.05) is 6.61 Å². The highest BCUT2D eigenvalue weighted by atomic mass is 16.5. The number of rotatable bonds is 6. The van der Waals surface area contributed by atoms with Gasteiger partial charge in [-0.3, -0.25) is 4.79 Å². The molecule has 0 spiro atoms. The molecule has 0 aliphatic carbocycles. The normalized spacial score (nSPS) is 14.1. The fourth-order valence-corrected chi connectivity index (χ4v) is 3.98. The van der Waals surface area contributed by atoms with Crippen molar-refractivity contribution >= 4 is 5.97 Å². The van der Waals surface area contributed by atoms with Gasteiger partial charge in [0.1, 0.15) is 11.4 Å². The van der Waals surface area contributed by atoms with Crippen molar-refractivity contribution in [3.8, 4) is 23.5 Å². The molecule has 30 heavy (non-hydrogen) atoms. The van der Waals surface area contributed by atoms with E-state index in [1.165, 1.54) is 23.5 Å². The molecule has 3 rings (SSSR count). The average Bonchev–Trinajstić information content (AvgIpc) is 2.77. The zero-order chi connectivity index (χ0) is 21.6. The third-order valence-corrected chi connectivity index (χ3v) is 5.98. The van der Waals surface area contributed by atoms with E-state index < -0.39 is 0 Å². The van der Waals surface area contributed by atoms with Crippen molar-refractivity contribution in [1.82, 2.24) is 9.97 Å². The largest absolute Gasteiger partial charge is 0.493 e. The van der Waals surface area contributed by atoms with Crippen LogP contribution in [-0.2, 0) is 16.6 Å². The van der Waals surface area contributed by atoms with E-state index in [-0.39, 0.29) is 17.3 Å². The molecule has 1 aromatic carbocycles. The van der Waals surface area contributed by atoms with Gasteiger partial charge in [-0.2, -0.15) is 0 Å². The molecule has 0 saturated carbocycles. The van der Waals surface area contributed by atoms with Crippen LogP contribution >= 0.6 is 0 Å². The first-order chi connectivity index (χ1) is 14.5. The second kappa shape index (κ2) is 9.75. The van der Waals surface area contributed by atoms with Crippen molar-refractivity contribution in [2.24, 2.45) is 0 Å². The highest BCUT2D eigenvalue weighted by molar-refractivity contribution is 5.71. The van der Waals surface area contributed by atoms with Crippen molar-refractivity contribution in [3.05, 3.63) is 46.9 Å². The van der Waals surface area contributed by atoms with E-state index in [0.29, 0.717) is 12.1 Å². The van der Waals surface area contributed by atoms with Crippen LogP contribution in [0.4, 0.5) is 0 Å². The average molecular weight is 407 g/mol. The molecule has 2 heterocycles. The number of ether oxygens (including phenoxy) is 2. The topological polar surface area (TPSA) is 61.3 Å². The Kier molecular flexibility index (Phi) is 7.10. The fraction of sp³-hybridized carbons (Fsp3) is 0.480. The van der Waals surface area contributed by atoms with Gasteiger partial charge in [0.05, 0.1) is 19.0 Å². The number of benzene rings is 1. The summed E-state index contributed by atoms with van der Waals surface area (Å²) < 4.78 is 11.1. The van der Waals surface area contributed by atoms with Crippen LogP contribution in [0.2, 0.25) is 0 Å². The lowest BCUT2D eigenvalue weighted by Gasteiger charge is -2.38. The number of aryl methyl sites for hydroxylation is 1. The maximum atomic E-state index is 11.6. The van der Waals surface area contributed by atoms with E-state index in [9.17, 15) is 4.79 Å². The van der Waals surface area contributed by atoms with Crippen molar-refractivity contribution in [3.63, 3.8) is 0 Å². The fourth-order valence-electron chi connectivity index (χ4n) is 3.98. The Hall–Kier alpha value is -2.87. The Labute approximate surface area is 179 Å². The Morgan fingerprint density at radius 3 is 2.57 bits per heavy atom. The molecule has 5 heteroatoms. The summed E-state index contributed by atoms with van der Waals surface area (Å²) in [5.74, 6) is 7.30. The van der Waals surface area contributed by atoms with Gasteiger partial charge < -0.3 is 9.47 Å². The van der Waals surface area contributed by atoms with Crippen molar-refractivity contribution in [1.29, 1.82) is 0 Å². The lowest BCUT2D eigenvalue weighted by molar-refractivity contribution is -0.134. The molecule has 5 nitrogen and oxygen atoms in total. The molecule has 0 radical (unpaired) electrons. The van der Waals surface area contributed by atoms with Crippen molar-refractivity contribution in [2.45, 2.75) is 71.6 Å². The number of hydrogen-bond acceptors (Lipinski definition) is 5. The van der Waals surface area contributed by atoms with Crippen LogP contribution < -0.4 is 9.47 Å². The maximum Gasteiger partial charge on any atom is 0.312 e. The molecule has 1 aliphatic heterocycles. The second-order valence-corrected chi connectivity index (χ2v) is 7.66. The predicted molar refractivity (Wildman–Crippen MR) is 117 cm³/mol. The molecular formula is C25H30N2O3. The van der Waals surface area contributed by atoms with E-state index in [0.717, 1.165) is 50.0 Å². The second-order valence-electron chi connectivity index (χ2n) is 7.66. The van der Waals surface area contributed by atoms with E-state index in [4.69, 9.17) is 9.47 Å². The summed E-state index contributed by atoms with van der Waals surface area (Å²) in [5, 5.41) is 0. The number of carbonyl (C=O) groups excluding carboxylic acids is 1. The lowest BCUT2D eigenvalue weighted by Crippen LogP contribution is -2.32. The Morgan fingerprint density at radius 2 is 1.93 bits per heavy atom. The van der Waals surface area contributed by atoms with Crippen LogP contribution in [0.15, 0.2) is 24.5 Å². The molecule has 2 aromatic rings. The van der Waals surface area contributed by atoms with Gasteiger partial charge in [0, 0.05) is 23.0 Å². The van der Waals surface area contributed by atoms with Gasteiger partial charge in [0.25, 0.3) is 0 Å². The van der Waals surface area contributed by atoms with Crippen molar-refractivity contribution < 1.29 is 14.3 Å². The van der Waals surface area contributed by atoms with Gasteiger partial charge in [-0.1, -0.05) is 33.6 Å². The summed E-state index contributed by atoms with van der Waals surface area (Å²) in [4.78, 5) is 20.0. The molecule has 0 atom stereocenters. The number of hydrogen-bond donors (Lipinski definition) is 0. The Morgan fingerprint density at radius 1 is 1.13 bits per heavy atom. The predicted octanol–water partition coefficient (Wildman–Crippen LogP) is 4.98. The molecular weight excluding hydrogens is 376 g/mol. The number of fused-ring (bicyclic) bond motifs is 1. The summed E-state index contributed by atoms with van der Waals surface area (Å²) in [6, 6.07) is 4.36. The van der Waals surface area contributed by atoms with Crippen LogP contribution in [0, 0.1) is 11.8 Å². The number of esters is 1. The number of nitrogens with zero attached hydrogens (tertiary/aromatic N) is 2. The molecule has 1 aromatic heterocycles. The monoisotopic (exact) mass is 406 g/mol. The molecule has 0 bridgehead atoms. The summed E-state index contributed by atoms with van der Waals surface area (Å²) in [6.45, 7) is 9.33. The molecule has 0 amide bonds. The van der Waals surface area contributed by atoms with Crippen LogP contribution in [-0.4, -0.2) is 22.5 Å². The quantitative estimate of drug-likeness (QED) is 0.500. The molecule has 0 N–H and O–H groups in total. The van der Waals surface area contributed by atoms with Gasteiger partial charge in [-0.25, -0.2) is 9.97 Å². The molecule has 158 valence electrons. The number of aromatic nitrogens is 2. The first kappa shape index (κ1) is 21.8. The smallest absolute Gasteiger partial charge is 0.312 e. The summed E-state index contributed by atoms with van der Waals surface area (Å²) in [5.41, 5.74) is 4.14. The van der Waals surface area contributed by atoms with Crippen LogP contribution in [0.3, 0.4) is 0 Å². The van der Waals surface area contributed by atoms with Crippen LogP contribution in [0.1, 0.15) is 82.2 Å². The Balaban J connectivity index is 1.89. The number of carbonyl (C=O) groups is 1. The third-order valence-electron chi connectivity index (χ3n) is 5.98. The zero-order valence-electron chi connectivity index (χ0n) is 18.4. The van der Waals surface area contributed by atoms with Crippen LogP contribution in [0.5, 0.6) is 11.6 Å². The summed E-state index contributed by atoms with van der Waals surface area (Å²) in [7, 11) is 0. The summed E-state index contributed by atoms with van der Waals surface area (Å²) in [6.07, 6.45) is 8.17. The highest BCUT2D eigenvalue weighted by Gasteiger charge is 2.35. The SMILES string of the molecule is CCCC(=O)Oc1cnc(C#Cc2cc3c(cc2CC)OCCC3(CC)CC)cn1. The van der Waals surface area contributed by atoms with Gasteiger partial charge in [-0.05, 0) is 55.7 Å². The van der Waals surface area contributed by atoms with E-state index in [1.807, 2.05) is 6.92 Å². The minimum absolute atomic E-state index is 0.153. The zero-order valence-corrected chi connectivity index (χ0v) is 18.4. The molecule has 0 fully saturated rings. The van der Waals surface area contributed by atoms with Gasteiger partial charge in [0.2, 0.25) is 5.88 Å². The molecule has 0 saturated heterocycles. The Bertz CT molecular complexity index is 951. The van der Waals surface area contributed by atoms with E-state index in [2.05, 4.69) is 54.7 Å². The standard InChI is InChI=1S/C25H30N2O3/c1-5-9-24(28)30-23-17-26-20(16-27-23)11-10-19-14-21-22(15-18(19)6-2)29-13-12-25(21,7-3)8-4/h14-17H,5-9,12-13H2,1-4H3.